The van der Waals surface area contributed by atoms with E-state index in [2.05, 4.69) is 20.5 Å². The van der Waals surface area contributed by atoms with Crippen LogP contribution in [-0.2, 0) is 4.79 Å². The van der Waals surface area contributed by atoms with Crippen LogP contribution in [0, 0.1) is 0 Å². The molecule has 21 heavy (non-hydrogen) atoms. The lowest BCUT2D eigenvalue weighted by Gasteiger charge is -2.10. The average Bonchev–Trinajstić information content (AvgIpc) is 2.98. The first-order chi connectivity index (χ1) is 10.1. The first-order valence-electron chi connectivity index (χ1n) is 6.16. The lowest BCUT2D eigenvalue weighted by Crippen LogP contribution is -2.21. The van der Waals surface area contributed by atoms with Gasteiger partial charge in [-0.1, -0.05) is 11.8 Å². The maximum Gasteiger partial charge on any atom is 0.253 e. The number of rotatable bonds is 5. The highest BCUT2D eigenvalue weighted by molar-refractivity contribution is 7.99. The van der Waals surface area contributed by atoms with Crippen LogP contribution in [0.4, 0.5) is 5.69 Å². The van der Waals surface area contributed by atoms with Crippen molar-refractivity contribution >= 4 is 29.3 Å². The number of amides is 2. The van der Waals surface area contributed by atoms with E-state index >= 15 is 0 Å². The zero-order valence-electron chi connectivity index (χ0n) is 11.7. The normalized spacial score (nSPS) is 10.2. The summed E-state index contributed by atoms with van der Waals surface area (Å²) in [4.78, 5) is 28.9. The van der Waals surface area contributed by atoms with E-state index in [4.69, 9.17) is 0 Å². The average molecular weight is 305 g/mol. The highest BCUT2D eigenvalue weighted by atomic mass is 32.2. The number of carbonyl (C=O) groups excluding carboxylic acids is 2. The van der Waals surface area contributed by atoms with Gasteiger partial charge in [-0.3, -0.25) is 14.7 Å². The van der Waals surface area contributed by atoms with E-state index in [1.54, 1.807) is 38.4 Å². The zero-order valence-corrected chi connectivity index (χ0v) is 12.5. The van der Waals surface area contributed by atoms with Crippen LogP contribution in [0.25, 0.3) is 0 Å². The van der Waals surface area contributed by atoms with Gasteiger partial charge < -0.3 is 10.2 Å². The first kappa shape index (κ1) is 15.0. The van der Waals surface area contributed by atoms with Crippen molar-refractivity contribution in [3.63, 3.8) is 0 Å². The summed E-state index contributed by atoms with van der Waals surface area (Å²) in [5.41, 5.74) is 1.22. The molecule has 1 aromatic heterocycles. The minimum Gasteiger partial charge on any atom is -0.345 e. The van der Waals surface area contributed by atoms with Gasteiger partial charge >= 0.3 is 0 Å². The van der Waals surface area contributed by atoms with E-state index in [0.717, 1.165) is 0 Å². The Labute approximate surface area is 126 Å². The maximum absolute atomic E-state index is 11.8. The number of benzene rings is 1. The number of anilines is 1. The second-order valence-corrected chi connectivity index (χ2v) is 5.37. The summed E-state index contributed by atoms with van der Waals surface area (Å²) in [6, 6.07) is 6.77. The van der Waals surface area contributed by atoms with Gasteiger partial charge in [0.2, 0.25) is 5.91 Å². The number of hydrogen-bond acceptors (Lipinski definition) is 5. The fourth-order valence-corrected chi connectivity index (χ4v) is 2.13. The largest absolute Gasteiger partial charge is 0.345 e. The van der Waals surface area contributed by atoms with Crippen LogP contribution in [0.3, 0.4) is 0 Å². The fraction of sp³-hybridized carbons (Fsp3) is 0.231. The molecule has 8 heteroatoms. The molecule has 0 atom stereocenters. The Balaban J connectivity index is 1.88. The van der Waals surface area contributed by atoms with Crippen molar-refractivity contribution in [1.82, 2.24) is 20.1 Å². The summed E-state index contributed by atoms with van der Waals surface area (Å²) in [5, 5.41) is 9.71. The molecule has 0 saturated heterocycles. The van der Waals surface area contributed by atoms with Gasteiger partial charge in [-0.05, 0) is 24.3 Å². The van der Waals surface area contributed by atoms with E-state index in [-0.39, 0.29) is 17.6 Å². The third-order valence-corrected chi connectivity index (χ3v) is 3.43. The third-order valence-electron chi connectivity index (χ3n) is 2.55. The molecule has 1 aromatic carbocycles. The Bertz CT molecular complexity index is 610. The number of thioether (sulfide) groups is 1. The van der Waals surface area contributed by atoms with Crippen LogP contribution in [0.1, 0.15) is 10.4 Å². The van der Waals surface area contributed by atoms with Crippen molar-refractivity contribution in [2.45, 2.75) is 5.16 Å². The van der Waals surface area contributed by atoms with Gasteiger partial charge in [0.05, 0.1) is 5.75 Å². The first-order valence-corrected chi connectivity index (χ1v) is 7.14. The van der Waals surface area contributed by atoms with Gasteiger partial charge in [0.15, 0.2) is 5.16 Å². The van der Waals surface area contributed by atoms with Gasteiger partial charge in [0.25, 0.3) is 5.91 Å². The van der Waals surface area contributed by atoms with E-state index in [9.17, 15) is 9.59 Å². The van der Waals surface area contributed by atoms with Crippen LogP contribution in [0.5, 0.6) is 0 Å². The summed E-state index contributed by atoms with van der Waals surface area (Å²) in [5.74, 6) is 0.00458. The summed E-state index contributed by atoms with van der Waals surface area (Å²) in [7, 11) is 3.39. The molecule has 2 N–H and O–H groups in total. The van der Waals surface area contributed by atoms with Gasteiger partial charge in [-0.2, -0.15) is 5.10 Å². The molecule has 2 aromatic rings. The molecule has 1 heterocycles. The van der Waals surface area contributed by atoms with Crippen LogP contribution in [-0.4, -0.2) is 51.7 Å². The quantitative estimate of drug-likeness (QED) is 0.811. The van der Waals surface area contributed by atoms with Gasteiger partial charge in [0, 0.05) is 25.3 Å². The SMILES string of the molecule is CN(C)C(=O)c1ccc(NC(=O)CSc2ncn[nH]2)cc1. The van der Waals surface area contributed by atoms with Crippen molar-refractivity contribution in [2.75, 3.05) is 25.2 Å². The molecule has 0 fully saturated rings. The monoisotopic (exact) mass is 305 g/mol. The Morgan fingerprint density at radius 1 is 1.29 bits per heavy atom. The summed E-state index contributed by atoms with van der Waals surface area (Å²) in [6.07, 6.45) is 1.39. The predicted molar refractivity (Wildman–Crippen MR) is 80.2 cm³/mol. The van der Waals surface area contributed by atoms with E-state index in [1.807, 2.05) is 0 Å². The van der Waals surface area contributed by atoms with Gasteiger partial charge in [0.1, 0.15) is 6.33 Å². The van der Waals surface area contributed by atoms with Crippen molar-refractivity contribution in [3.05, 3.63) is 36.2 Å². The Morgan fingerprint density at radius 2 is 2.00 bits per heavy atom. The summed E-state index contributed by atoms with van der Waals surface area (Å²) < 4.78 is 0. The van der Waals surface area contributed by atoms with E-state index in [0.29, 0.717) is 16.4 Å². The molecule has 0 aliphatic heterocycles. The smallest absolute Gasteiger partial charge is 0.253 e. The molecule has 2 rings (SSSR count). The summed E-state index contributed by atoms with van der Waals surface area (Å²) >= 11 is 1.26. The van der Waals surface area contributed by atoms with E-state index < -0.39 is 0 Å². The minimum absolute atomic E-state index is 0.0752. The minimum atomic E-state index is -0.150. The molecular weight excluding hydrogens is 290 g/mol. The van der Waals surface area contributed by atoms with Crippen molar-refractivity contribution in [2.24, 2.45) is 0 Å². The molecule has 0 bridgehead atoms. The highest BCUT2D eigenvalue weighted by Gasteiger charge is 2.09. The zero-order chi connectivity index (χ0) is 15.2. The van der Waals surface area contributed by atoms with Crippen LogP contribution < -0.4 is 5.32 Å². The Morgan fingerprint density at radius 3 is 2.57 bits per heavy atom. The van der Waals surface area contributed by atoms with Gasteiger partial charge in [-0.15, -0.1) is 0 Å². The van der Waals surface area contributed by atoms with Crippen LogP contribution >= 0.6 is 11.8 Å². The highest BCUT2D eigenvalue weighted by Crippen LogP contribution is 2.14. The number of carbonyl (C=O) groups is 2. The molecule has 0 aliphatic carbocycles. The second kappa shape index (κ2) is 6.89. The molecule has 0 saturated carbocycles. The van der Waals surface area contributed by atoms with Crippen molar-refractivity contribution < 1.29 is 9.59 Å². The number of aromatic nitrogens is 3. The molecule has 0 aliphatic rings. The number of nitrogens with zero attached hydrogens (tertiary/aromatic N) is 3. The third kappa shape index (κ3) is 4.32. The molecular formula is C13H15N5O2S. The number of hydrogen-bond donors (Lipinski definition) is 2. The maximum atomic E-state index is 11.8. The molecule has 7 nitrogen and oxygen atoms in total. The molecule has 0 unspecified atom stereocenters. The lowest BCUT2D eigenvalue weighted by molar-refractivity contribution is -0.113. The molecule has 0 radical (unpaired) electrons. The Hall–Kier alpha value is -2.35. The van der Waals surface area contributed by atoms with Crippen LogP contribution in [0.2, 0.25) is 0 Å². The Kier molecular flexibility index (Phi) is 4.94. The van der Waals surface area contributed by atoms with E-state index in [1.165, 1.54) is 23.0 Å². The summed E-state index contributed by atoms with van der Waals surface area (Å²) in [6.45, 7) is 0. The van der Waals surface area contributed by atoms with Crippen molar-refractivity contribution in [1.29, 1.82) is 0 Å². The molecule has 110 valence electrons. The topological polar surface area (TPSA) is 91.0 Å². The number of nitrogens with one attached hydrogen (secondary N) is 2. The molecule has 0 spiro atoms. The van der Waals surface area contributed by atoms with Crippen molar-refractivity contribution in [3.8, 4) is 0 Å². The molecule has 2 amide bonds. The standard InChI is InChI=1S/C13H15N5O2S/c1-18(2)12(20)9-3-5-10(6-4-9)16-11(19)7-21-13-14-8-15-17-13/h3-6,8H,7H2,1-2H3,(H,16,19)(H,14,15,17). The predicted octanol–water partition coefficient (Wildman–Crippen LogP) is 1.24. The lowest BCUT2D eigenvalue weighted by atomic mass is 10.2. The fourth-order valence-electron chi connectivity index (χ4n) is 1.55. The number of aromatic amines is 1. The second-order valence-electron chi connectivity index (χ2n) is 4.40. The van der Waals surface area contributed by atoms with Crippen LogP contribution in [0.15, 0.2) is 35.7 Å². The number of H-pyrrole nitrogens is 1. The van der Waals surface area contributed by atoms with Gasteiger partial charge in [-0.25, -0.2) is 4.98 Å².